The van der Waals surface area contributed by atoms with E-state index in [-0.39, 0.29) is 11.9 Å². The van der Waals surface area contributed by atoms with Crippen LogP contribution in [-0.4, -0.2) is 12.6 Å². The number of hydrogen-bond donors (Lipinski definition) is 1. The van der Waals surface area contributed by atoms with Crippen LogP contribution < -0.4 is 10.6 Å². The summed E-state index contributed by atoms with van der Waals surface area (Å²) < 4.78 is 13.5. The summed E-state index contributed by atoms with van der Waals surface area (Å²) in [6.45, 7) is 3.03. The van der Waals surface area contributed by atoms with Crippen molar-refractivity contribution in [3.63, 3.8) is 0 Å². The summed E-state index contributed by atoms with van der Waals surface area (Å²) in [6, 6.07) is 5.64. The molecular weight excluding hydrogens is 239 g/mol. The van der Waals surface area contributed by atoms with Gasteiger partial charge >= 0.3 is 0 Å². The van der Waals surface area contributed by atoms with E-state index in [2.05, 4.69) is 4.90 Å². The lowest BCUT2D eigenvalue weighted by molar-refractivity contribution is 0.361. The van der Waals surface area contributed by atoms with E-state index in [4.69, 9.17) is 5.73 Å². The van der Waals surface area contributed by atoms with E-state index < -0.39 is 0 Å². The molecule has 1 aliphatic carbocycles. The molecule has 1 saturated carbocycles. The van der Waals surface area contributed by atoms with Crippen LogP contribution in [0.25, 0.3) is 0 Å². The number of anilines is 1. The largest absolute Gasteiger partial charge is 0.368 e. The average molecular weight is 262 g/mol. The van der Waals surface area contributed by atoms with Gasteiger partial charge in [0.05, 0.1) is 0 Å². The molecule has 19 heavy (non-hydrogen) atoms. The van der Waals surface area contributed by atoms with Gasteiger partial charge in [-0.25, -0.2) is 4.39 Å². The fraction of sp³-hybridized carbons (Fsp3) is 0.625. The number of hydrogen-bond acceptors (Lipinski definition) is 2. The molecule has 1 saturated heterocycles. The van der Waals surface area contributed by atoms with Crippen LogP contribution in [0.15, 0.2) is 18.2 Å². The number of benzene rings is 1. The molecule has 3 rings (SSSR count). The Morgan fingerprint density at radius 2 is 2.05 bits per heavy atom. The van der Waals surface area contributed by atoms with E-state index in [1.165, 1.54) is 32.1 Å². The molecule has 2 N–H and O–H groups in total. The second-order valence-electron chi connectivity index (χ2n) is 6.09. The molecule has 2 fully saturated rings. The Hall–Kier alpha value is -1.09. The van der Waals surface area contributed by atoms with E-state index in [1.807, 2.05) is 13.0 Å². The van der Waals surface area contributed by atoms with Crippen molar-refractivity contribution in [2.24, 2.45) is 11.7 Å². The molecule has 3 unspecified atom stereocenters. The number of piperidine rings is 1. The van der Waals surface area contributed by atoms with Crippen LogP contribution in [0.3, 0.4) is 0 Å². The molecule has 3 heteroatoms. The molecule has 104 valence electrons. The van der Waals surface area contributed by atoms with E-state index in [9.17, 15) is 4.39 Å². The predicted octanol–water partition coefficient (Wildman–Crippen LogP) is 3.61. The highest BCUT2D eigenvalue weighted by Gasteiger charge is 2.35. The third-order valence-corrected chi connectivity index (χ3v) is 4.78. The van der Waals surface area contributed by atoms with Crippen LogP contribution in [0, 0.1) is 11.7 Å². The maximum absolute atomic E-state index is 13.5. The maximum Gasteiger partial charge on any atom is 0.123 e. The van der Waals surface area contributed by atoms with Crippen LogP contribution in [-0.2, 0) is 0 Å². The molecule has 0 aromatic heterocycles. The minimum atomic E-state index is -0.184. The van der Waals surface area contributed by atoms with Gasteiger partial charge in [-0.15, -0.1) is 0 Å². The third kappa shape index (κ3) is 2.36. The summed E-state index contributed by atoms with van der Waals surface area (Å²) in [6.07, 6.45) is 6.57. The van der Waals surface area contributed by atoms with Gasteiger partial charge in [-0.05, 0) is 62.3 Å². The van der Waals surface area contributed by atoms with Crippen LogP contribution in [0.5, 0.6) is 0 Å². The number of fused-ring (bicyclic) bond motifs is 1. The first kappa shape index (κ1) is 12.9. The van der Waals surface area contributed by atoms with Gasteiger partial charge in [0, 0.05) is 24.3 Å². The summed E-state index contributed by atoms with van der Waals surface area (Å²) >= 11 is 0. The molecule has 0 radical (unpaired) electrons. The van der Waals surface area contributed by atoms with Crippen molar-refractivity contribution in [3.8, 4) is 0 Å². The maximum atomic E-state index is 13.5. The van der Waals surface area contributed by atoms with Crippen LogP contribution in [0.2, 0.25) is 0 Å². The Balaban J connectivity index is 1.96. The molecule has 0 amide bonds. The molecule has 1 aliphatic heterocycles. The van der Waals surface area contributed by atoms with Crippen LogP contribution in [0.4, 0.5) is 10.1 Å². The molecule has 1 heterocycles. The van der Waals surface area contributed by atoms with Crippen molar-refractivity contribution in [1.82, 2.24) is 0 Å². The number of halogens is 1. The van der Waals surface area contributed by atoms with Gasteiger partial charge in [0.1, 0.15) is 5.82 Å². The van der Waals surface area contributed by atoms with E-state index in [0.717, 1.165) is 23.7 Å². The second kappa shape index (κ2) is 5.12. The average Bonchev–Trinajstić information content (AvgIpc) is 2.86. The zero-order valence-electron chi connectivity index (χ0n) is 11.6. The highest BCUT2D eigenvalue weighted by Crippen LogP contribution is 2.40. The topological polar surface area (TPSA) is 29.3 Å². The normalized spacial score (nSPS) is 28.3. The molecule has 2 nitrogen and oxygen atoms in total. The first-order valence-electron chi connectivity index (χ1n) is 7.48. The van der Waals surface area contributed by atoms with Gasteiger partial charge < -0.3 is 10.6 Å². The summed E-state index contributed by atoms with van der Waals surface area (Å²) in [4.78, 5) is 2.50. The van der Waals surface area contributed by atoms with E-state index in [1.54, 1.807) is 12.1 Å². The SMILES string of the molecule is CC(N)c1cc(F)ccc1N1CCCC2CCCC21. The van der Waals surface area contributed by atoms with Crippen molar-refractivity contribution in [3.05, 3.63) is 29.6 Å². The number of nitrogens with two attached hydrogens (primary N) is 1. The van der Waals surface area contributed by atoms with Gasteiger partial charge in [0.2, 0.25) is 0 Å². The molecular formula is C16H23FN2. The molecule has 2 aliphatic rings. The predicted molar refractivity (Wildman–Crippen MR) is 76.7 cm³/mol. The summed E-state index contributed by atoms with van der Waals surface area (Å²) in [5.41, 5.74) is 8.15. The highest BCUT2D eigenvalue weighted by molar-refractivity contribution is 5.56. The summed E-state index contributed by atoms with van der Waals surface area (Å²) in [5.74, 6) is 0.649. The quantitative estimate of drug-likeness (QED) is 0.882. The Bertz CT molecular complexity index is 458. The zero-order valence-corrected chi connectivity index (χ0v) is 11.6. The summed E-state index contributed by atoms with van der Waals surface area (Å²) in [5, 5.41) is 0. The lowest BCUT2D eigenvalue weighted by Gasteiger charge is -2.41. The lowest BCUT2D eigenvalue weighted by Crippen LogP contribution is -2.43. The van der Waals surface area contributed by atoms with Gasteiger partial charge in [-0.1, -0.05) is 6.42 Å². The molecule has 3 atom stereocenters. The van der Waals surface area contributed by atoms with Gasteiger partial charge in [0.15, 0.2) is 0 Å². The Morgan fingerprint density at radius 3 is 2.84 bits per heavy atom. The third-order valence-electron chi connectivity index (χ3n) is 4.78. The number of rotatable bonds is 2. The lowest BCUT2D eigenvalue weighted by atomic mass is 9.90. The molecule has 1 aromatic carbocycles. The van der Waals surface area contributed by atoms with E-state index >= 15 is 0 Å². The first-order chi connectivity index (χ1) is 9.16. The second-order valence-corrected chi connectivity index (χ2v) is 6.09. The molecule has 1 aromatic rings. The minimum absolute atomic E-state index is 0.118. The Labute approximate surface area is 114 Å². The van der Waals surface area contributed by atoms with Crippen LogP contribution in [0.1, 0.15) is 50.6 Å². The fourth-order valence-electron chi connectivity index (χ4n) is 3.90. The van der Waals surface area contributed by atoms with Gasteiger partial charge in [0.25, 0.3) is 0 Å². The van der Waals surface area contributed by atoms with Gasteiger partial charge in [-0.3, -0.25) is 0 Å². The van der Waals surface area contributed by atoms with Crippen molar-refractivity contribution in [1.29, 1.82) is 0 Å². The van der Waals surface area contributed by atoms with E-state index in [0.29, 0.717) is 6.04 Å². The van der Waals surface area contributed by atoms with Crippen molar-refractivity contribution in [2.75, 3.05) is 11.4 Å². The minimum Gasteiger partial charge on any atom is -0.368 e. The Kier molecular flexibility index (Phi) is 3.48. The smallest absolute Gasteiger partial charge is 0.123 e. The van der Waals surface area contributed by atoms with Crippen LogP contribution >= 0.6 is 0 Å². The van der Waals surface area contributed by atoms with Crippen molar-refractivity contribution in [2.45, 2.75) is 51.1 Å². The van der Waals surface area contributed by atoms with Crippen molar-refractivity contribution >= 4 is 5.69 Å². The monoisotopic (exact) mass is 262 g/mol. The zero-order chi connectivity index (χ0) is 13.4. The molecule has 0 bridgehead atoms. The van der Waals surface area contributed by atoms with Crippen molar-refractivity contribution < 1.29 is 4.39 Å². The standard InChI is InChI=1S/C16H23FN2/c1-11(18)14-10-13(17)7-8-16(14)19-9-3-5-12-4-2-6-15(12)19/h7-8,10-12,15H,2-6,9,18H2,1H3. The number of nitrogens with zero attached hydrogens (tertiary/aromatic N) is 1. The Morgan fingerprint density at radius 1 is 1.26 bits per heavy atom. The summed E-state index contributed by atoms with van der Waals surface area (Å²) in [7, 11) is 0. The highest BCUT2D eigenvalue weighted by atomic mass is 19.1. The molecule has 0 spiro atoms. The van der Waals surface area contributed by atoms with Gasteiger partial charge in [-0.2, -0.15) is 0 Å². The fourth-order valence-corrected chi connectivity index (χ4v) is 3.90. The first-order valence-corrected chi connectivity index (χ1v) is 7.48.